The molecule has 4 rings (SSSR count). The average molecular weight is 409 g/mol. The van der Waals surface area contributed by atoms with Gasteiger partial charge in [0.05, 0.1) is 16.9 Å². The number of hydrogen-bond donors (Lipinski definition) is 1. The largest absolute Gasteiger partial charge is 0.299 e. The van der Waals surface area contributed by atoms with E-state index in [4.69, 9.17) is 0 Å². The first kappa shape index (κ1) is 18.6. The first-order valence-corrected chi connectivity index (χ1v) is 11.4. The molecule has 2 atom stereocenters. The first-order valence-electron chi connectivity index (χ1n) is 8.88. The molecule has 2 aliphatic rings. The van der Waals surface area contributed by atoms with Gasteiger partial charge in [-0.1, -0.05) is 13.8 Å². The van der Waals surface area contributed by atoms with Crippen molar-refractivity contribution in [1.29, 1.82) is 0 Å². The van der Waals surface area contributed by atoms with Crippen LogP contribution in [0, 0.1) is 22.6 Å². The molecule has 2 saturated carbocycles. The van der Waals surface area contributed by atoms with Crippen LogP contribution in [0.15, 0.2) is 29.6 Å². The number of hydrogen-bond acceptors (Lipinski definition) is 5. The zero-order valence-corrected chi connectivity index (χ0v) is 16.8. The van der Waals surface area contributed by atoms with E-state index in [1.807, 2.05) is 13.8 Å². The molecule has 1 aromatic heterocycles. The van der Waals surface area contributed by atoms with Crippen LogP contribution in [-0.4, -0.2) is 24.9 Å². The zero-order valence-electron chi connectivity index (χ0n) is 15.2. The Morgan fingerprint density at radius 3 is 2.59 bits per heavy atom. The Balaban J connectivity index is 1.54. The number of fused-ring (bicyclic) bond motifs is 2. The lowest BCUT2D eigenvalue weighted by molar-refractivity contribution is -0.128. The van der Waals surface area contributed by atoms with Crippen molar-refractivity contribution in [3.63, 3.8) is 0 Å². The van der Waals surface area contributed by atoms with Gasteiger partial charge in [0.15, 0.2) is 5.13 Å². The Morgan fingerprint density at radius 2 is 2.00 bits per heavy atom. The fourth-order valence-electron chi connectivity index (χ4n) is 4.68. The van der Waals surface area contributed by atoms with E-state index in [0.29, 0.717) is 24.1 Å². The average Bonchev–Trinajstić information content (AvgIpc) is 3.17. The summed E-state index contributed by atoms with van der Waals surface area (Å²) in [6.07, 6.45) is 2.01. The molecule has 2 fully saturated rings. The van der Waals surface area contributed by atoms with Gasteiger partial charge in [-0.25, -0.2) is 17.8 Å². The summed E-state index contributed by atoms with van der Waals surface area (Å²) in [7, 11) is -3.72. The quantitative estimate of drug-likeness (QED) is 0.809. The molecule has 2 aliphatic carbocycles. The van der Waals surface area contributed by atoms with Gasteiger partial charge in [0.25, 0.3) is 0 Å². The molecular formula is C19H21FN2O3S2. The fraction of sp³-hybridized carbons (Fsp3) is 0.474. The minimum Gasteiger partial charge on any atom is -0.299 e. The molecule has 27 heavy (non-hydrogen) atoms. The summed E-state index contributed by atoms with van der Waals surface area (Å²) in [5.74, 6) is -0.202. The van der Waals surface area contributed by atoms with Gasteiger partial charge in [-0.15, -0.1) is 11.3 Å². The van der Waals surface area contributed by atoms with Crippen LogP contribution < -0.4 is 4.72 Å². The van der Waals surface area contributed by atoms with Crippen LogP contribution in [0.2, 0.25) is 0 Å². The second-order valence-corrected chi connectivity index (χ2v) is 10.7. The third-order valence-corrected chi connectivity index (χ3v) is 8.73. The van der Waals surface area contributed by atoms with Crippen LogP contribution in [0.3, 0.4) is 0 Å². The highest BCUT2D eigenvalue weighted by Gasteiger charge is 2.65. The van der Waals surface area contributed by atoms with Gasteiger partial charge >= 0.3 is 0 Å². The highest BCUT2D eigenvalue weighted by molar-refractivity contribution is 7.92. The molecule has 2 aromatic rings. The summed E-state index contributed by atoms with van der Waals surface area (Å²) >= 11 is 1.17. The predicted octanol–water partition coefficient (Wildman–Crippen LogP) is 4.09. The molecule has 8 heteroatoms. The van der Waals surface area contributed by atoms with Crippen molar-refractivity contribution < 1.29 is 17.6 Å². The van der Waals surface area contributed by atoms with Crippen LogP contribution in [0.1, 0.15) is 33.1 Å². The van der Waals surface area contributed by atoms with Crippen LogP contribution in [0.4, 0.5) is 9.52 Å². The normalized spacial score (nSPS) is 26.5. The Kier molecular flexibility index (Phi) is 4.19. The van der Waals surface area contributed by atoms with E-state index in [0.717, 1.165) is 6.42 Å². The van der Waals surface area contributed by atoms with Crippen LogP contribution in [0.5, 0.6) is 0 Å². The SMILES string of the molecule is CC1(C)[C@@H]2CC[C@@]1(CS(=O)(=O)Nc1nc(-c3ccc(F)cc3)cs1)C(=O)C2. The topological polar surface area (TPSA) is 76.1 Å². The maximum Gasteiger partial charge on any atom is 0.235 e. The van der Waals surface area contributed by atoms with Crippen molar-refractivity contribution in [2.24, 2.45) is 16.7 Å². The van der Waals surface area contributed by atoms with E-state index in [-0.39, 0.29) is 33.8 Å². The Labute approximate surface area is 162 Å². The van der Waals surface area contributed by atoms with Gasteiger partial charge in [-0.3, -0.25) is 9.52 Å². The van der Waals surface area contributed by atoms with Gasteiger partial charge < -0.3 is 0 Å². The zero-order chi connectivity index (χ0) is 19.4. The number of carbonyl (C=O) groups is 1. The van der Waals surface area contributed by atoms with Crippen molar-refractivity contribution in [1.82, 2.24) is 4.98 Å². The van der Waals surface area contributed by atoms with E-state index in [1.54, 1.807) is 17.5 Å². The molecule has 0 aliphatic heterocycles. The molecule has 144 valence electrons. The Morgan fingerprint density at radius 1 is 1.30 bits per heavy atom. The second kappa shape index (κ2) is 6.10. The van der Waals surface area contributed by atoms with Crippen LogP contribution in [-0.2, 0) is 14.8 Å². The number of aromatic nitrogens is 1. The number of carbonyl (C=O) groups excluding carboxylic acids is 1. The standard InChI is InChI=1S/C19H21FN2O3S2/c1-18(2)13-7-8-19(18,16(23)9-13)11-27(24,25)22-17-21-15(10-26-17)12-3-5-14(20)6-4-12/h3-6,10,13H,7-9,11H2,1-2H3,(H,21,22)/t13-,19-/m1/s1. The highest BCUT2D eigenvalue weighted by Crippen LogP contribution is 2.64. The lowest BCUT2D eigenvalue weighted by Crippen LogP contribution is -2.43. The molecule has 0 spiro atoms. The number of halogens is 1. The van der Waals surface area contributed by atoms with Gasteiger partial charge in [0.2, 0.25) is 10.0 Å². The maximum absolute atomic E-state index is 13.1. The molecule has 0 amide bonds. The molecular weight excluding hydrogens is 387 g/mol. The Bertz CT molecular complexity index is 998. The van der Waals surface area contributed by atoms with E-state index >= 15 is 0 Å². The van der Waals surface area contributed by atoms with Crippen LogP contribution in [0.25, 0.3) is 11.3 Å². The summed E-state index contributed by atoms with van der Waals surface area (Å²) in [4.78, 5) is 16.9. The van der Waals surface area contributed by atoms with E-state index in [9.17, 15) is 17.6 Å². The van der Waals surface area contributed by atoms with E-state index in [1.165, 1.54) is 23.5 Å². The van der Waals surface area contributed by atoms with Crippen molar-refractivity contribution >= 4 is 32.3 Å². The molecule has 0 radical (unpaired) electrons. The molecule has 2 bridgehead atoms. The summed E-state index contributed by atoms with van der Waals surface area (Å²) in [6.45, 7) is 4.03. The van der Waals surface area contributed by atoms with Gasteiger partial charge in [0, 0.05) is 17.4 Å². The number of thiazole rings is 1. The number of sulfonamides is 1. The minimum atomic E-state index is -3.72. The Hall–Kier alpha value is -1.80. The van der Waals surface area contributed by atoms with Gasteiger partial charge in [-0.2, -0.15) is 0 Å². The summed E-state index contributed by atoms with van der Waals surface area (Å²) < 4.78 is 41.2. The summed E-state index contributed by atoms with van der Waals surface area (Å²) in [5, 5.41) is 1.98. The fourth-order valence-corrected chi connectivity index (χ4v) is 7.52. The number of ketones is 1. The van der Waals surface area contributed by atoms with Crippen molar-refractivity contribution in [2.75, 3.05) is 10.5 Å². The molecule has 1 heterocycles. The lowest BCUT2D eigenvalue weighted by atomic mass is 9.70. The summed E-state index contributed by atoms with van der Waals surface area (Å²) in [5.41, 5.74) is 0.179. The first-order chi connectivity index (χ1) is 12.6. The second-order valence-electron chi connectivity index (χ2n) is 8.07. The number of anilines is 1. The maximum atomic E-state index is 13.1. The third kappa shape index (κ3) is 2.99. The van der Waals surface area contributed by atoms with Gasteiger partial charge in [-0.05, 0) is 48.4 Å². The van der Waals surface area contributed by atoms with E-state index < -0.39 is 15.4 Å². The smallest absolute Gasteiger partial charge is 0.235 e. The minimum absolute atomic E-state index is 0.0697. The molecule has 5 nitrogen and oxygen atoms in total. The number of nitrogens with zero attached hydrogens (tertiary/aromatic N) is 1. The number of nitrogens with one attached hydrogen (secondary N) is 1. The lowest BCUT2D eigenvalue weighted by Gasteiger charge is -2.36. The number of rotatable bonds is 5. The van der Waals surface area contributed by atoms with Crippen LogP contribution >= 0.6 is 11.3 Å². The van der Waals surface area contributed by atoms with Crippen molar-refractivity contribution in [3.8, 4) is 11.3 Å². The van der Waals surface area contributed by atoms with Crippen molar-refractivity contribution in [3.05, 3.63) is 35.5 Å². The van der Waals surface area contributed by atoms with Crippen molar-refractivity contribution in [2.45, 2.75) is 33.1 Å². The monoisotopic (exact) mass is 408 g/mol. The third-order valence-electron chi connectivity index (χ3n) is 6.46. The molecule has 1 aromatic carbocycles. The molecule has 0 unspecified atom stereocenters. The summed E-state index contributed by atoms with van der Waals surface area (Å²) in [6, 6.07) is 5.87. The molecule has 1 N–H and O–H groups in total. The van der Waals surface area contributed by atoms with E-state index in [2.05, 4.69) is 9.71 Å². The van der Waals surface area contributed by atoms with Gasteiger partial charge in [0.1, 0.15) is 11.6 Å². The highest BCUT2D eigenvalue weighted by atomic mass is 32.2. The number of Topliss-reactive ketones (excluding diaryl/α,β-unsaturated/α-hetero) is 1. The predicted molar refractivity (Wildman–Crippen MR) is 103 cm³/mol. The molecule has 0 saturated heterocycles. The number of benzene rings is 1.